The van der Waals surface area contributed by atoms with E-state index in [9.17, 15) is 4.79 Å². The second-order valence-electron chi connectivity index (χ2n) is 5.63. The van der Waals surface area contributed by atoms with Crippen molar-refractivity contribution in [3.8, 4) is 0 Å². The molecule has 0 aliphatic rings. The Bertz CT molecular complexity index is 780. The molecule has 2 nitrogen and oxygen atoms in total. The molecule has 0 saturated carbocycles. The van der Waals surface area contributed by atoms with Gasteiger partial charge in [0.15, 0.2) is 0 Å². The highest BCUT2D eigenvalue weighted by Gasteiger charge is 2.11. The molecule has 0 unspecified atom stereocenters. The summed E-state index contributed by atoms with van der Waals surface area (Å²) in [7, 11) is 0. The number of rotatable bonds is 4. The van der Waals surface area contributed by atoms with Crippen LogP contribution in [-0.2, 0) is 4.79 Å². The fourth-order valence-electron chi connectivity index (χ4n) is 2.66. The first-order valence-corrected chi connectivity index (χ1v) is 7.56. The van der Waals surface area contributed by atoms with E-state index in [1.165, 1.54) is 10.9 Å². The zero-order chi connectivity index (χ0) is 15.4. The van der Waals surface area contributed by atoms with E-state index in [2.05, 4.69) is 36.5 Å². The van der Waals surface area contributed by atoms with Crippen LogP contribution < -0.4 is 5.32 Å². The lowest BCUT2D eigenvalue weighted by Crippen LogP contribution is -2.14. The van der Waals surface area contributed by atoms with Crippen LogP contribution in [0, 0.1) is 0 Å². The molecule has 0 bridgehead atoms. The molecule has 0 radical (unpaired) electrons. The van der Waals surface area contributed by atoms with Crippen molar-refractivity contribution in [3.05, 3.63) is 78.4 Å². The number of benzene rings is 3. The summed E-state index contributed by atoms with van der Waals surface area (Å²) in [5, 5.41) is 5.31. The number of amides is 1. The van der Waals surface area contributed by atoms with E-state index >= 15 is 0 Å². The summed E-state index contributed by atoms with van der Waals surface area (Å²) >= 11 is 0. The summed E-state index contributed by atoms with van der Waals surface area (Å²) in [5.74, 6) is 0.258. The van der Waals surface area contributed by atoms with Crippen LogP contribution in [0.5, 0.6) is 0 Å². The van der Waals surface area contributed by atoms with E-state index in [4.69, 9.17) is 0 Å². The maximum atomic E-state index is 12.2. The predicted octanol–water partition coefficient (Wildman–Crippen LogP) is 4.97. The first-order chi connectivity index (χ1) is 10.7. The summed E-state index contributed by atoms with van der Waals surface area (Å²) in [4.78, 5) is 12.2. The van der Waals surface area contributed by atoms with E-state index in [1.807, 2.05) is 48.5 Å². The minimum Gasteiger partial charge on any atom is -0.326 e. The Labute approximate surface area is 130 Å². The smallest absolute Gasteiger partial charge is 0.224 e. The summed E-state index contributed by atoms with van der Waals surface area (Å²) < 4.78 is 0. The van der Waals surface area contributed by atoms with E-state index in [-0.39, 0.29) is 11.8 Å². The molecule has 2 heteroatoms. The van der Waals surface area contributed by atoms with Crippen LogP contribution in [-0.4, -0.2) is 5.91 Å². The Morgan fingerprint density at radius 2 is 1.59 bits per heavy atom. The van der Waals surface area contributed by atoms with E-state index in [1.54, 1.807) is 0 Å². The van der Waals surface area contributed by atoms with E-state index < -0.39 is 0 Å². The molecule has 1 N–H and O–H groups in total. The fraction of sp³-hybridized carbons (Fsp3) is 0.150. The third-order valence-corrected chi connectivity index (χ3v) is 3.89. The second-order valence-corrected chi connectivity index (χ2v) is 5.63. The molecule has 0 aliphatic heterocycles. The topological polar surface area (TPSA) is 29.1 Å². The van der Waals surface area contributed by atoms with Gasteiger partial charge in [0.1, 0.15) is 0 Å². The van der Waals surface area contributed by atoms with Crippen molar-refractivity contribution in [2.45, 2.75) is 19.3 Å². The molecule has 110 valence electrons. The highest BCUT2D eigenvalue weighted by Crippen LogP contribution is 2.21. The minimum absolute atomic E-state index is 0.0478. The molecule has 3 aromatic carbocycles. The minimum atomic E-state index is 0.0478. The maximum absolute atomic E-state index is 12.2. The largest absolute Gasteiger partial charge is 0.326 e. The van der Waals surface area contributed by atoms with E-state index in [0.717, 1.165) is 11.1 Å². The zero-order valence-corrected chi connectivity index (χ0v) is 12.6. The maximum Gasteiger partial charge on any atom is 0.224 e. The van der Waals surface area contributed by atoms with Crippen molar-refractivity contribution in [1.29, 1.82) is 0 Å². The van der Waals surface area contributed by atoms with Gasteiger partial charge in [0.05, 0.1) is 0 Å². The fourth-order valence-corrected chi connectivity index (χ4v) is 2.66. The summed E-state index contributed by atoms with van der Waals surface area (Å²) in [6.45, 7) is 2.08. The summed E-state index contributed by atoms with van der Waals surface area (Å²) in [6.07, 6.45) is 0.483. The van der Waals surface area contributed by atoms with Crippen LogP contribution in [0.4, 0.5) is 5.69 Å². The van der Waals surface area contributed by atoms with Gasteiger partial charge in [0.2, 0.25) is 5.91 Å². The van der Waals surface area contributed by atoms with Gasteiger partial charge in [0, 0.05) is 12.1 Å². The van der Waals surface area contributed by atoms with Gasteiger partial charge in [-0.25, -0.2) is 0 Å². The quantitative estimate of drug-likeness (QED) is 0.721. The Balaban J connectivity index is 1.68. The normalized spacial score (nSPS) is 12.0. The molecular weight excluding hydrogens is 270 g/mol. The molecule has 0 saturated heterocycles. The molecule has 1 atom stereocenters. The van der Waals surface area contributed by atoms with Crippen LogP contribution in [0.1, 0.15) is 24.8 Å². The molecule has 0 spiro atoms. The molecule has 0 aromatic heterocycles. The molecule has 0 fully saturated rings. The lowest BCUT2D eigenvalue weighted by Gasteiger charge is -2.12. The van der Waals surface area contributed by atoms with Crippen molar-refractivity contribution in [3.63, 3.8) is 0 Å². The predicted molar refractivity (Wildman–Crippen MR) is 92.1 cm³/mol. The molecule has 22 heavy (non-hydrogen) atoms. The van der Waals surface area contributed by atoms with Gasteiger partial charge in [-0.2, -0.15) is 0 Å². The monoisotopic (exact) mass is 289 g/mol. The average molecular weight is 289 g/mol. The Kier molecular flexibility index (Phi) is 4.19. The number of anilines is 1. The van der Waals surface area contributed by atoms with Gasteiger partial charge < -0.3 is 5.32 Å². The molecule has 3 rings (SSSR count). The van der Waals surface area contributed by atoms with E-state index in [0.29, 0.717) is 6.42 Å². The summed E-state index contributed by atoms with van der Waals surface area (Å²) in [6, 6.07) is 24.3. The second kappa shape index (κ2) is 6.44. The third-order valence-electron chi connectivity index (χ3n) is 3.89. The van der Waals surface area contributed by atoms with Crippen LogP contribution >= 0.6 is 0 Å². The highest BCUT2D eigenvalue weighted by atomic mass is 16.1. The molecule has 0 aliphatic carbocycles. The lowest BCUT2D eigenvalue weighted by molar-refractivity contribution is -0.116. The number of hydrogen-bond donors (Lipinski definition) is 1. The Hall–Kier alpha value is -2.61. The number of fused-ring (bicyclic) bond motifs is 1. The number of nitrogens with one attached hydrogen (secondary N) is 1. The average Bonchev–Trinajstić information content (AvgIpc) is 2.55. The van der Waals surface area contributed by atoms with Crippen LogP contribution in [0.2, 0.25) is 0 Å². The van der Waals surface area contributed by atoms with Crippen LogP contribution in [0.15, 0.2) is 72.8 Å². The SMILES string of the molecule is C[C@H](CC(=O)Nc1ccc2ccccc2c1)c1ccccc1. The van der Waals surface area contributed by atoms with Gasteiger partial charge in [-0.3, -0.25) is 4.79 Å². The molecule has 0 heterocycles. The van der Waals surface area contributed by atoms with Gasteiger partial charge in [-0.1, -0.05) is 67.6 Å². The van der Waals surface area contributed by atoms with Crippen LogP contribution in [0.25, 0.3) is 10.8 Å². The number of carbonyl (C=O) groups is 1. The number of carbonyl (C=O) groups excluding carboxylic acids is 1. The van der Waals surface area contributed by atoms with Crippen molar-refractivity contribution in [2.24, 2.45) is 0 Å². The zero-order valence-electron chi connectivity index (χ0n) is 12.6. The van der Waals surface area contributed by atoms with Gasteiger partial charge >= 0.3 is 0 Å². The van der Waals surface area contributed by atoms with Crippen molar-refractivity contribution in [1.82, 2.24) is 0 Å². The van der Waals surface area contributed by atoms with Crippen LogP contribution in [0.3, 0.4) is 0 Å². The standard InChI is InChI=1S/C20H19NO/c1-15(16-7-3-2-4-8-16)13-20(22)21-19-12-11-17-9-5-6-10-18(17)14-19/h2-12,14-15H,13H2,1H3,(H,21,22)/t15-/m1/s1. The highest BCUT2D eigenvalue weighted by molar-refractivity contribution is 5.94. The third kappa shape index (κ3) is 3.34. The first-order valence-electron chi connectivity index (χ1n) is 7.56. The van der Waals surface area contributed by atoms with Crippen molar-refractivity contribution < 1.29 is 4.79 Å². The first kappa shape index (κ1) is 14.3. The Morgan fingerprint density at radius 1 is 0.909 bits per heavy atom. The number of hydrogen-bond acceptors (Lipinski definition) is 1. The van der Waals surface area contributed by atoms with Gasteiger partial charge in [-0.05, 0) is 34.4 Å². The van der Waals surface area contributed by atoms with Crippen molar-refractivity contribution in [2.75, 3.05) is 5.32 Å². The summed E-state index contributed by atoms with van der Waals surface area (Å²) in [5.41, 5.74) is 2.04. The van der Waals surface area contributed by atoms with Crippen molar-refractivity contribution >= 4 is 22.4 Å². The Morgan fingerprint density at radius 3 is 2.36 bits per heavy atom. The lowest BCUT2D eigenvalue weighted by atomic mass is 9.97. The molecular formula is C20H19NO. The van der Waals surface area contributed by atoms with Gasteiger partial charge in [-0.15, -0.1) is 0 Å². The van der Waals surface area contributed by atoms with Gasteiger partial charge in [0.25, 0.3) is 0 Å². The molecule has 3 aromatic rings. The molecule has 1 amide bonds.